The standard InChI is InChI=1S/C33H24N6O3/c40-32-35(27-21-23-30(24-22-27)38(41)42)33(26-15-7-2-8-16-26)31(25-13-5-1-6-14-25)34-37(29-19-11-4-12-20-29)39(33)36(32)28-17-9-3-10-18-28/h1-24H. The van der Waals surface area contributed by atoms with Gasteiger partial charge in [-0.2, -0.15) is 10.2 Å². The number of carbonyl (C=O) groups excluding carboxylic acids is 1. The number of hydrazone groups is 1. The number of nitrogens with zero attached hydrogens (tertiary/aromatic N) is 6. The van der Waals surface area contributed by atoms with Gasteiger partial charge in [-0.15, -0.1) is 0 Å². The molecule has 42 heavy (non-hydrogen) atoms. The van der Waals surface area contributed by atoms with Gasteiger partial charge in [0.25, 0.3) is 5.69 Å². The Labute approximate surface area is 241 Å². The molecule has 0 N–H and O–H groups in total. The maximum atomic E-state index is 14.9. The summed E-state index contributed by atoms with van der Waals surface area (Å²) in [4.78, 5) is 27.6. The minimum Gasteiger partial charge on any atom is -0.260 e. The van der Waals surface area contributed by atoms with E-state index in [1.54, 1.807) is 27.2 Å². The summed E-state index contributed by atoms with van der Waals surface area (Å²) in [5.41, 5.74) is 2.72. The first-order valence-electron chi connectivity index (χ1n) is 13.4. The van der Waals surface area contributed by atoms with E-state index in [4.69, 9.17) is 5.10 Å². The van der Waals surface area contributed by atoms with E-state index in [-0.39, 0.29) is 11.7 Å². The van der Waals surface area contributed by atoms with Crippen molar-refractivity contribution in [3.05, 3.63) is 167 Å². The zero-order valence-corrected chi connectivity index (χ0v) is 22.3. The summed E-state index contributed by atoms with van der Waals surface area (Å²) >= 11 is 0. The molecular weight excluding hydrogens is 528 g/mol. The van der Waals surface area contributed by atoms with E-state index in [9.17, 15) is 14.9 Å². The topological polar surface area (TPSA) is 85.5 Å². The number of hydrogen-bond acceptors (Lipinski definition) is 6. The van der Waals surface area contributed by atoms with Crippen LogP contribution in [0.5, 0.6) is 0 Å². The Morgan fingerprint density at radius 3 is 1.71 bits per heavy atom. The van der Waals surface area contributed by atoms with Gasteiger partial charge in [-0.05, 0) is 36.4 Å². The van der Waals surface area contributed by atoms with Crippen LogP contribution in [0.2, 0.25) is 0 Å². The molecule has 0 radical (unpaired) electrons. The molecule has 2 heterocycles. The smallest absolute Gasteiger partial charge is 0.260 e. The summed E-state index contributed by atoms with van der Waals surface area (Å²) in [6.07, 6.45) is 0. The molecule has 5 aromatic rings. The van der Waals surface area contributed by atoms with Crippen molar-refractivity contribution in [1.82, 2.24) is 5.12 Å². The number of hydrogen-bond donors (Lipinski definition) is 0. The van der Waals surface area contributed by atoms with Gasteiger partial charge < -0.3 is 0 Å². The Hall–Kier alpha value is -5.80. The molecule has 204 valence electrons. The lowest BCUT2D eigenvalue weighted by Crippen LogP contribution is -2.58. The summed E-state index contributed by atoms with van der Waals surface area (Å²) < 4.78 is 0. The zero-order chi connectivity index (χ0) is 28.7. The number of non-ortho nitro benzene ring substituents is 1. The highest BCUT2D eigenvalue weighted by Crippen LogP contribution is 2.52. The number of anilines is 3. The Bertz CT molecular complexity index is 1780. The van der Waals surface area contributed by atoms with Crippen molar-refractivity contribution in [2.75, 3.05) is 15.0 Å². The third-order valence-corrected chi connectivity index (χ3v) is 7.41. The number of carbonyl (C=O) groups is 1. The van der Waals surface area contributed by atoms with Gasteiger partial charge in [0.05, 0.1) is 16.3 Å². The van der Waals surface area contributed by atoms with Crippen LogP contribution in [0.4, 0.5) is 27.5 Å². The van der Waals surface area contributed by atoms with E-state index in [0.29, 0.717) is 17.1 Å². The zero-order valence-electron chi connectivity index (χ0n) is 22.3. The minimum atomic E-state index is -1.30. The van der Waals surface area contributed by atoms with Crippen molar-refractivity contribution >= 4 is 34.5 Å². The van der Waals surface area contributed by atoms with Crippen LogP contribution in [0.3, 0.4) is 0 Å². The maximum Gasteiger partial charge on any atom is 0.347 e. The molecule has 0 aromatic heterocycles. The average molecular weight is 553 g/mol. The normalized spacial score (nSPS) is 18.2. The lowest BCUT2D eigenvalue weighted by molar-refractivity contribution is -0.384. The number of urea groups is 1. The Kier molecular flexibility index (Phi) is 5.99. The van der Waals surface area contributed by atoms with Crippen molar-refractivity contribution in [3.63, 3.8) is 0 Å². The highest BCUT2D eigenvalue weighted by molar-refractivity contribution is 6.20. The first kappa shape index (κ1) is 25.2. The van der Waals surface area contributed by atoms with Crippen molar-refractivity contribution in [1.29, 1.82) is 0 Å². The van der Waals surface area contributed by atoms with Crippen molar-refractivity contribution < 1.29 is 9.72 Å². The maximum absolute atomic E-state index is 14.9. The van der Waals surface area contributed by atoms with E-state index in [2.05, 4.69) is 0 Å². The van der Waals surface area contributed by atoms with Gasteiger partial charge in [0.2, 0.25) is 5.66 Å². The number of nitro groups is 1. The lowest BCUT2D eigenvalue weighted by atomic mass is 9.88. The second-order valence-corrected chi connectivity index (χ2v) is 9.81. The molecule has 2 aliphatic heterocycles. The van der Waals surface area contributed by atoms with Crippen LogP contribution in [-0.2, 0) is 5.66 Å². The number of amides is 2. The lowest BCUT2D eigenvalue weighted by Gasteiger charge is -2.41. The number of fused-ring (bicyclic) bond motifs is 1. The fourth-order valence-electron chi connectivity index (χ4n) is 5.62. The van der Waals surface area contributed by atoms with Gasteiger partial charge in [-0.3, -0.25) is 15.0 Å². The van der Waals surface area contributed by atoms with Crippen LogP contribution in [0, 0.1) is 10.1 Å². The summed E-state index contributed by atoms with van der Waals surface area (Å²) in [5.74, 6) is 0. The van der Waals surface area contributed by atoms with Crippen LogP contribution >= 0.6 is 0 Å². The van der Waals surface area contributed by atoms with Gasteiger partial charge >= 0.3 is 6.03 Å². The molecule has 0 saturated carbocycles. The fraction of sp³-hybridized carbons (Fsp3) is 0.0303. The summed E-state index contributed by atoms with van der Waals surface area (Å²) in [6, 6.07) is 44.3. The monoisotopic (exact) mass is 552 g/mol. The molecule has 9 nitrogen and oxygen atoms in total. The highest BCUT2D eigenvalue weighted by Gasteiger charge is 2.67. The molecular formula is C33H24N6O3. The predicted molar refractivity (Wildman–Crippen MR) is 162 cm³/mol. The molecule has 1 atom stereocenters. The molecule has 0 bridgehead atoms. The molecule has 7 rings (SSSR count). The van der Waals surface area contributed by atoms with Crippen LogP contribution < -0.4 is 15.0 Å². The summed E-state index contributed by atoms with van der Waals surface area (Å²) in [7, 11) is 0. The van der Waals surface area contributed by atoms with E-state index < -0.39 is 10.6 Å². The number of hydrazine groups is 2. The second-order valence-electron chi connectivity index (χ2n) is 9.81. The predicted octanol–water partition coefficient (Wildman–Crippen LogP) is 6.95. The molecule has 9 heteroatoms. The van der Waals surface area contributed by atoms with E-state index in [1.807, 2.05) is 126 Å². The van der Waals surface area contributed by atoms with E-state index in [0.717, 1.165) is 16.8 Å². The number of nitro benzene ring substituents is 1. The first-order valence-corrected chi connectivity index (χ1v) is 13.4. The third kappa shape index (κ3) is 3.75. The molecule has 1 fully saturated rings. The van der Waals surface area contributed by atoms with Gasteiger partial charge in [0.15, 0.2) is 0 Å². The van der Waals surface area contributed by atoms with E-state index in [1.165, 1.54) is 12.1 Å². The van der Waals surface area contributed by atoms with Crippen LogP contribution in [0.25, 0.3) is 0 Å². The third-order valence-electron chi connectivity index (χ3n) is 7.41. The van der Waals surface area contributed by atoms with Crippen LogP contribution in [0.15, 0.2) is 151 Å². The number of benzene rings is 5. The largest absolute Gasteiger partial charge is 0.347 e. The van der Waals surface area contributed by atoms with Crippen molar-refractivity contribution in [2.45, 2.75) is 5.66 Å². The Balaban J connectivity index is 1.58. The van der Waals surface area contributed by atoms with Crippen molar-refractivity contribution in [2.24, 2.45) is 5.10 Å². The highest BCUT2D eigenvalue weighted by atomic mass is 16.6. The van der Waals surface area contributed by atoms with Crippen LogP contribution in [-0.4, -0.2) is 21.8 Å². The molecule has 2 aliphatic rings. The molecule has 5 aromatic carbocycles. The Morgan fingerprint density at radius 2 is 1.14 bits per heavy atom. The molecule has 2 amide bonds. The molecule has 0 aliphatic carbocycles. The first-order chi connectivity index (χ1) is 20.6. The Morgan fingerprint density at radius 1 is 0.619 bits per heavy atom. The molecule has 1 saturated heterocycles. The fourth-order valence-corrected chi connectivity index (χ4v) is 5.62. The average Bonchev–Trinajstić information content (AvgIpc) is 3.52. The van der Waals surface area contributed by atoms with Gasteiger partial charge in [0.1, 0.15) is 5.71 Å². The minimum absolute atomic E-state index is 0.0646. The summed E-state index contributed by atoms with van der Waals surface area (Å²) in [6.45, 7) is 0. The molecule has 0 spiro atoms. The molecule has 1 unspecified atom stereocenters. The summed E-state index contributed by atoms with van der Waals surface area (Å²) in [5, 5.41) is 22.0. The van der Waals surface area contributed by atoms with Crippen molar-refractivity contribution in [3.8, 4) is 0 Å². The second kappa shape index (κ2) is 9.99. The van der Waals surface area contributed by atoms with Gasteiger partial charge in [0, 0.05) is 28.9 Å². The van der Waals surface area contributed by atoms with Gasteiger partial charge in [-0.25, -0.2) is 9.80 Å². The van der Waals surface area contributed by atoms with E-state index >= 15 is 0 Å². The number of rotatable bonds is 6. The van der Waals surface area contributed by atoms with Crippen LogP contribution in [0.1, 0.15) is 11.1 Å². The quantitative estimate of drug-likeness (QED) is 0.168. The number of para-hydroxylation sites is 2. The SMILES string of the molecule is O=C1N(c2ccccc2)N2N(c3ccccc3)N=C(c3ccccc3)C2(c2ccccc2)N1c1ccc([N+](=O)[O-])cc1. The van der Waals surface area contributed by atoms with Gasteiger partial charge in [-0.1, -0.05) is 102 Å².